The minimum absolute atomic E-state index is 0.178. The number of aryl methyl sites for hydroxylation is 1. The van der Waals surface area contributed by atoms with Gasteiger partial charge in [0.25, 0.3) is 11.8 Å². The molecule has 3 aromatic carbocycles. The van der Waals surface area contributed by atoms with Crippen molar-refractivity contribution in [2.75, 3.05) is 18.5 Å². The SMILES string of the molecule is CCn1c2ccccc2c2cc(NC(=O)COC(=O)CNC(=O)c3ccccc3F)ccc21. The molecule has 0 unspecified atom stereocenters. The Morgan fingerprint density at radius 3 is 2.45 bits per heavy atom. The molecule has 0 saturated heterocycles. The number of hydrogen-bond donors (Lipinski definition) is 2. The molecule has 0 radical (unpaired) electrons. The van der Waals surface area contributed by atoms with Crippen molar-refractivity contribution in [1.29, 1.82) is 0 Å². The first-order chi connectivity index (χ1) is 16.0. The van der Waals surface area contributed by atoms with Crippen molar-refractivity contribution >= 4 is 45.3 Å². The first kappa shape index (κ1) is 22.0. The summed E-state index contributed by atoms with van der Waals surface area (Å²) in [6.45, 7) is 1.90. The highest BCUT2D eigenvalue weighted by molar-refractivity contribution is 6.10. The highest BCUT2D eigenvalue weighted by Gasteiger charge is 2.14. The van der Waals surface area contributed by atoms with Gasteiger partial charge < -0.3 is 19.9 Å². The Hall–Kier alpha value is -4.20. The number of benzene rings is 3. The van der Waals surface area contributed by atoms with Crippen molar-refractivity contribution in [1.82, 2.24) is 9.88 Å². The second kappa shape index (κ2) is 9.52. The number of fused-ring (bicyclic) bond motifs is 3. The number of carbonyl (C=O) groups is 3. The van der Waals surface area contributed by atoms with E-state index in [4.69, 9.17) is 4.74 Å². The summed E-state index contributed by atoms with van der Waals surface area (Å²) >= 11 is 0. The second-order valence-electron chi connectivity index (χ2n) is 7.36. The number of anilines is 1. The molecule has 168 valence electrons. The van der Waals surface area contributed by atoms with Gasteiger partial charge >= 0.3 is 5.97 Å². The van der Waals surface area contributed by atoms with Crippen LogP contribution in [0.25, 0.3) is 21.8 Å². The molecule has 0 bridgehead atoms. The molecule has 2 amide bonds. The quantitative estimate of drug-likeness (QED) is 0.421. The molecule has 0 spiro atoms. The van der Waals surface area contributed by atoms with Crippen LogP contribution in [0.4, 0.5) is 10.1 Å². The fourth-order valence-electron chi connectivity index (χ4n) is 3.76. The summed E-state index contributed by atoms with van der Waals surface area (Å²) in [5.74, 6) is -2.76. The van der Waals surface area contributed by atoms with Crippen LogP contribution < -0.4 is 10.6 Å². The van der Waals surface area contributed by atoms with Crippen molar-refractivity contribution in [3.8, 4) is 0 Å². The summed E-state index contributed by atoms with van der Waals surface area (Å²) in [4.78, 5) is 36.0. The third-order valence-corrected chi connectivity index (χ3v) is 5.25. The molecule has 8 heteroatoms. The van der Waals surface area contributed by atoms with Crippen LogP contribution in [0.1, 0.15) is 17.3 Å². The van der Waals surface area contributed by atoms with Crippen LogP contribution in [-0.2, 0) is 20.9 Å². The molecule has 0 atom stereocenters. The van der Waals surface area contributed by atoms with E-state index in [1.165, 1.54) is 18.2 Å². The Bertz CT molecular complexity index is 1360. The highest BCUT2D eigenvalue weighted by atomic mass is 19.1. The van der Waals surface area contributed by atoms with Crippen molar-refractivity contribution in [3.63, 3.8) is 0 Å². The van der Waals surface area contributed by atoms with Crippen molar-refractivity contribution in [3.05, 3.63) is 78.1 Å². The fourth-order valence-corrected chi connectivity index (χ4v) is 3.76. The number of halogens is 1. The predicted molar refractivity (Wildman–Crippen MR) is 123 cm³/mol. The number of nitrogens with zero attached hydrogens (tertiary/aromatic N) is 1. The topological polar surface area (TPSA) is 89.4 Å². The molecule has 1 aromatic heterocycles. The van der Waals surface area contributed by atoms with Gasteiger partial charge in [-0.25, -0.2) is 4.39 Å². The van der Waals surface area contributed by atoms with E-state index in [1.807, 2.05) is 30.3 Å². The van der Waals surface area contributed by atoms with Crippen molar-refractivity contribution in [2.24, 2.45) is 0 Å². The molecule has 0 fully saturated rings. The maximum absolute atomic E-state index is 13.6. The average Bonchev–Trinajstić information content (AvgIpc) is 3.14. The standard InChI is InChI=1S/C25H22FN3O4/c1-2-29-21-10-6-4-7-17(21)19-13-16(11-12-22(19)29)28-23(30)15-33-24(31)14-27-25(32)18-8-3-5-9-20(18)26/h3-13H,2,14-15H2,1H3,(H,27,32)(H,28,30). The minimum Gasteiger partial charge on any atom is -0.454 e. The van der Waals surface area contributed by atoms with Gasteiger partial charge in [0.2, 0.25) is 0 Å². The number of carbonyl (C=O) groups excluding carboxylic acids is 3. The van der Waals surface area contributed by atoms with Gasteiger partial charge in [0, 0.05) is 34.0 Å². The van der Waals surface area contributed by atoms with E-state index in [2.05, 4.69) is 28.2 Å². The lowest BCUT2D eigenvalue weighted by atomic mass is 10.1. The largest absolute Gasteiger partial charge is 0.454 e. The number of amides is 2. The van der Waals surface area contributed by atoms with E-state index < -0.39 is 36.8 Å². The van der Waals surface area contributed by atoms with Gasteiger partial charge in [-0.3, -0.25) is 14.4 Å². The van der Waals surface area contributed by atoms with Gasteiger partial charge in [0.05, 0.1) is 5.56 Å². The van der Waals surface area contributed by atoms with Gasteiger partial charge in [0.1, 0.15) is 12.4 Å². The zero-order valence-electron chi connectivity index (χ0n) is 17.9. The summed E-state index contributed by atoms with van der Waals surface area (Å²) in [5, 5.41) is 7.09. The normalized spacial score (nSPS) is 10.8. The Morgan fingerprint density at radius 2 is 1.67 bits per heavy atom. The van der Waals surface area contributed by atoms with Gasteiger partial charge in [-0.05, 0) is 43.3 Å². The van der Waals surface area contributed by atoms with Gasteiger partial charge in [0.15, 0.2) is 6.61 Å². The van der Waals surface area contributed by atoms with Crippen LogP contribution in [0.15, 0.2) is 66.7 Å². The fraction of sp³-hybridized carbons (Fsp3) is 0.160. The molecular weight excluding hydrogens is 425 g/mol. The molecule has 1 heterocycles. The molecule has 33 heavy (non-hydrogen) atoms. The predicted octanol–water partition coefficient (Wildman–Crippen LogP) is 3.87. The number of rotatable bonds is 7. The molecular formula is C25H22FN3O4. The smallest absolute Gasteiger partial charge is 0.325 e. The number of para-hydroxylation sites is 1. The summed E-state index contributed by atoms with van der Waals surface area (Å²) < 4.78 is 20.7. The van der Waals surface area contributed by atoms with Crippen LogP contribution in [-0.4, -0.2) is 35.5 Å². The van der Waals surface area contributed by atoms with Gasteiger partial charge in [-0.15, -0.1) is 0 Å². The van der Waals surface area contributed by atoms with Crippen LogP contribution in [0.2, 0.25) is 0 Å². The molecule has 4 aromatic rings. The van der Waals surface area contributed by atoms with Crippen molar-refractivity contribution in [2.45, 2.75) is 13.5 Å². The monoisotopic (exact) mass is 447 g/mol. The molecule has 0 aliphatic carbocycles. The highest BCUT2D eigenvalue weighted by Crippen LogP contribution is 2.30. The van der Waals surface area contributed by atoms with E-state index in [0.717, 1.165) is 34.4 Å². The lowest BCUT2D eigenvalue weighted by Crippen LogP contribution is -2.32. The lowest BCUT2D eigenvalue weighted by Gasteiger charge is -2.08. The van der Waals surface area contributed by atoms with Gasteiger partial charge in [-0.2, -0.15) is 0 Å². The van der Waals surface area contributed by atoms with E-state index >= 15 is 0 Å². The first-order valence-corrected chi connectivity index (χ1v) is 10.5. The van der Waals surface area contributed by atoms with E-state index in [1.54, 1.807) is 6.07 Å². The third-order valence-electron chi connectivity index (χ3n) is 5.25. The summed E-state index contributed by atoms with van der Waals surface area (Å²) in [5.41, 5.74) is 2.58. The number of ether oxygens (including phenoxy) is 1. The molecule has 0 aliphatic heterocycles. The van der Waals surface area contributed by atoms with Gasteiger partial charge in [-0.1, -0.05) is 30.3 Å². The van der Waals surface area contributed by atoms with Crippen molar-refractivity contribution < 1.29 is 23.5 Å². The first-order valence-electron chi connectivity index (χ1n) is 10.5. The Morgan fingerprint density at radius 1 is 0.939 bits per heavy atom. The Kier molecular flexibility index (Phi) is 6.35. The van der Waals surface area contributed by atoms with Crippen LogP contribution in [0.5, 0.6) is 0 Å². The molecule has 7 nitrogen and oxygen atoms in total. The molecule has 0 saturated carbocycles. The maximum atomic E-state index is 13.6. The van der Waals surface area contributed by atoms with E-state index in [0.29, 0.717) is 5.69 Å². The average molecular weight is 447 g/mol. The summed E-state index contributed by atoms with van der Waals surface area (Å²) in [6, 6.07) is 19.1. The number of aromatic nitrogens is 1. The molecule has 2 N–H and O–H groups in total. The molecule has 4 rings (SSSR count). The number of nitrogens with one attached hydrogen (secondary N) is 2. The Balaban J connectivity index is 1.34. The second-order valence-corrected chi connectivity index (χ2v) is 7.36. The number of esters is 1. The zero-order valence-corrected chi connectivity index (χ0v) is 17.9. The maximum Gasteiger partial charge on any atom is 0.325 e. The number of hydrogen-bond acceptors (Lipinski definition) is 4. The molecule has 0 aliphatic rings. The lowest BCUT2D eigenvalue weighted by molar-refractivity contribution is -0.146. The Labute approximate surface area is 189 Å². The third kappa shape index (κ3) is 4.69. The summed E-state index contributed by atoms with van der Waals surface area (Å²) in [7, 11) is 0. The van der Waals surface area contributed by atoms with Crippen LogP contribution in [0, 0.1) is 5.82 Å². The zero-order chi connectivity index (χ0) is 23.4. The van der Waals surface area contributed by atoms with Crippen LogP contribution >= 0.6 is 0 Å². The summed E-state index contributed by atoms with van der Waals surface area (Å²) in [6.07, 6.45) is 0. The minimum atomic E-state index is -0.809. The van der Waals surface area contributed by atoms with Crippen LogP contribution in [0.3, 0.4) is 0 Å². The van der Waals surface area contributed by atoms with E-state index in [-0.39, 0.29) is 5.56 Å². The van der Waals surface area contributed by atoms with E-state index in [9.17, 15) is 18.8 Å².